The maximum Gasteiger partial charge on any atom is 0.253 e. The Hall–Kier alpha value is -2.66. The molecule has 5 heteroatoms. The second-order valence-corrected chi connectivity index (χ2v) is 7.96. The molecule has 0 radical (unpaired) electrons. The molecule has 1 aliphatic carbocycles. The van der Waals surface area contributed by atoms with E-state index in [0.717, 1.165) is 24.1 Å². The van der Waals surface area contributed by atoms with Crippen molar-refractivity contribution in [2.24, 2.45) is 0 Å². The van der Waals surface area contributed by atoms with Gasteiger partial charge in [-0.3, -0.25) is 15.6 Å². The number of thiocarbonyl (C=S) groups is 1. The SMILES string of the molecule is CC(C(=O)NNC(=S)NCCC1=CCCCC1)(c1ccccc1)c1ccccc1. The van der Waals surface area contributed by atoms with Crippen LogP contribution in [-0.2, 0) is 10.2 Å². The third-order valence-electron chi connectivity index (χ3n) is 5.56. The minimum absolute atomic E-state index is 0.158. The summed E-state index contributed by atoms with van der Waals surface area (Å²) in [4.78, 5) is 13.2. The van der Waals surface area contributed by atoms with Gasteiger partial charge < -0.3 is 5.32 Å². The van der Waals surface area contributed by atoms with Crippen LogP contribution in [0.5, 0.6) is 0 Å². The average Bonchev–Trinajstić information content (AvgIpc) is 2.79. The second-order valence-electron chi connectivity index (χ2n) is 7.55. The zero-order chi connectivity index (χ0) is 20.5. The maximum absolute atomic E-state index is 13.2. The lowest BCUT2D eigenvalue weighted by molar-refractivity contribution is -0.125. The molecule has 0 fully saturated rings. The van der Waals surface area contributed by atoms with Crippen molar-refractivity contribution in [3.05, 3.63) is 83.4 Å². The average molecular weight is 408 g/mol. The van der Waals surface area contributed by atoms with Crippen LogP contribution < -0.4 is 16.2 Å². The van der Waals surface area contributed by atoms with Crippen LogP contribution in [0, 0.1) is 0 Å². The van der Waals surface area contributed by atoms with E-state index in [2.05, 4.69) is 22.2 Å². The smallest absolute Gasteiger partial charge is 0.253 e. The Morgan fingerprint density at radius 1 is 0.966 bits per heavy atom. The summed E-state index contributed by atoms with van der Waals surface area (Å²) in [5, 5.41) is 3.61. The summed E-state index contributed by atoms with van der Waals surface area (Å²) >= 11 is 5.34. The molecule has 1 amide bonds. The van der Waals surface area contributed by atoms with Gasteiger partial charge in [-0.15, -0.1) is 0 Å². The van der Waals surface area contributed by atoms with E-state index in [1.807, 2.05) is 67.6 Å². The first-order valence-corrected chi connectivity index (χ1v) is 10.6. The Labute approximate surface area is 178 Å². The molecular formula is C24H29N3OS. The number of allylic oxidation sites excluding steroid dienone is 1. The van der Waals surface area contributed by atoms with Gasteiger partial charge >= 0.3 is 0 Å². The third kappa shape index (κ3) is 5.45. The number of nitrogens with one attached hydrogen (secondary N) is 3. The van der Waals surface area contributed by atoms with Crippen LogP contribution in [0.4, 0.5) is 0 Å². The van der Waals surface area contributed by atoms with E-state index in [0.29, 0.717) is 5.11 Å². The van der Waals surface area contributed by atoms with Crippen molar-refractivity contribution in [2.75, 3.05) is 6.54 Å². The number of amides is 1. The van der Waals surface area contributed by atoms with Gasteiger partial charge in [0.05, 0.1) is 5.41 Å². The van der Waals surface area contributed by atoms with E-state index in [1.165, 1.54) is 31.3 Å². The number of rotatable bonds is 6. The zero-order valence-electron chi connectivity index (χ0n) is 16.9. The van der Waals surface area contributed by atoms with E-state index in [9.17, 15) is 4.79 Å². The number of carbonyl (C=O) groups is 1. The van der Waals surface area contributed by atoms with Crippen LogP contribution >= 0.6 is 12.2 Å². The van der Waals surface area contributed by atoms with Crippen molar-refractivity contribution in [2.45, 2.75) is 44.4 Å². The van der Waals surface area contributed by atoms with Gasteiger partial charge in [-0.25, -0.2) is 0 Å². The van der Waals surface area contributed by atoms with Gasteiger partial charge in [0.1, 0.15) is 0 Å². The topological polar surface area (TPSA) is 53.2 Å². The fraction of sp³-hybridized carbons (Fsp3) is 0.333. The second kappa shape index (κ2) is 10.2. The minimum atomic E-state index is -0.835. The van der Waals surface area contributed by atoms with Crippen molar-refractivity contribution in [3.63, 3.8) is 0 Å². The van der Waals surface area contributed by atoms with Crippen molar-refractivity contribution in [1.82, 2.24) is 16.2 Å². The lowest BCUT2D eigenvalue weighted by atomic mass is 9.75. The van der Waals surface area contributed by atoms with E-state index < -0.39 is 5.41 Å². The quantitative estimate of drug-likeness (QED) is 0.378. The standard InChI is InChI=1S/C24H29N3OS/c1-24(20-13-7-3-8-14-20,21-15-9-4-10-16-21)22(28)26-27-23(29)25-18-17-19-11-5-2-6-12-19/h3-4,7-11,13-16H,2,5-6,12,17-18H2,1H3,(H,26,28)(H2,25,27,29). The molecule has 0 saturated carbocycles. The van der Waals surface area contributed by atoms with Gasteiger partial charge in [0.15, 0.2) is 5.11 Å². The number of benzene rings is 2. The lowest BCUT2D eigenvalue weighted by Gasteiger charge is -2.30. The summed E-state index contributed by atoms with van der Waals surface area (Å²) in [7, 11) is 0. The predicted octanol–water partition coefficient (Wildman–Crippen LogP) is 4.38. The summed E-state index contributed by atoms with van der Waals surface area (Å²) in [6.45, 7) is 2.70. The molecule has 0 aliphatic heterocycles. The van der Waals surface area contributed by atoms with Gasteiger partial charge in [-0.2, -0.15) is 0 Å². The van der Waals surface area contributed by atoms with Gasteiger partial charge in [-0.05, 0) is 62.4 Å². The largest absolute Gasteiger partial charge is 0.361 e. The van der Waals surface area contributed by atoms with Crippen molar-refractivity contribution < 1.29 is 4.79 Å². The molecule has 0 aromatic heterocycles. The third-order valence-corrected chi connectivity index (χ3v) is 5.81. The van der Waals surface area contributed by atoms with E-state index in [-0.39, 0.29) is 5.91 Å². The first kappa shape index (κ1) is 21.1. The summed E-state index contributed by atoms with van der Waals surface area (Å²) < 4.78 is 0. The van der Waals surface area contributed by atoms with Crippen molar-refractivity contribution in [1.29, 1.82) is 0 Å². The number of hydrogen-bond donors (Lipinski definition) is 3. The first-order chi connectivity index (χ1) is 14.1. The number of carbonyl (C=O) groups excluding carboxylic acids is 1. The molecule has 2 aromatic carbocycles. The van der Waals surface area contributed by atoms with Gasteiger partial charge in [0, 0.05) is 6.54 Å². The summed E-state index contributed by atoms with van der Waals surface area (Å²) in [5.74, 6) is -0.158. The number of hydrazine groups is 1. The van der Waals surface area contributed by atoms with Crippen LogP contribution in [0.15, 0.2) is 72.3 Å². The Bertz CT molecular complexity index is 809. The summed E-state index contributed by atoms with van der Waals surface area (Å²) in [5.41, 5.74) is 8.18. The van der Waals surface area contributed by atoms with Crippen LogP contribution in [0.1, 0.15) is 50.2 Å². The molecule has 0 spiro atoms. The first-order valence-electron chi connectivity index (χ1n) is 10.2. The monoisotopic (exact) mass is 407 g/mol. The molecule has 2 aromatic rings. The van der Waals surface area contributed by atoms with Crippen molar-refractivity contribution >= 4 is 23.2 Å². The van der Waals surface area contributed by atoms with Crippen molar-refractivity contribution in [3.8, 4) is 0 Å². The van der Waals surface area contributed by atoms with Crippen LogP contribution in [-0.4, -0.2) is 17.6 Å². The molecule has 4 nitrogen and oxygen atoms in total. The molecule has 0 heterocycles. The molecule has 0 saturated heterocycles. The van der Waals surface area contributed by atoms with E-state index >= 15 is 0 Å². The summed E-state index contributed by atoms with van der Waals surface area (Å²) in [6.07, 6.45) is 8.28. The highest BCUT2D eigenvalue weighted by Crippen LogP contribution is 2.32. The van der Waals surface area contributed by atoms with Gasteiger partial charge in [0.25, 0.3) is 5.91 Å². The molecule has 3 N–H and O–H groups in total. The molecule has 29 heavy (non-hydrogen) atoms. The zero-order valence-corrected chi connectivity index (χ0v) is 17.7. The predicted molar refractivity (Wildman–Crippen MR) is 122 cm³/mol. The Morgan fingerprint density at radius 3 is 2.14 bits per heavy atom. The molecule has 152 valence electrons. The lowest BCUT2D eigenvalue weighted by Crippen LogP contribution is -2.53. The molecule has 0 atom stereocenters. The van der Waals surface area contributed by atoms with Gasteiger partial charge in [0.2, 0.25) is 0 Å². The summed E-state index contributed by atoms with van der Waals surface area (Å²) in [6, 6.07) is 19.6. The molecule has 0 unspecified atom stereocenters. The van der Waals surface area contributed by atoms with Crippen LogP contribution in [0.3, 0.4) is 0 Å². The van der Waals surface area contributed by atoms with E-state index in [4.69, 9.17) is 12.2 Å². The molecule has 1 aliphatic rings. The van der Waals surface area contributed by atoms with Gasteiger partial charge in [-0.1, -0.05) is 72.3 Å². The van der Waals surface area contributed by atoms with E-state index in [1.54, 1.807) is 0 Å². The Balaban J connectivity index is 1.60. The highest BCUT2D eigenvalue weighted by atomic mass is 32.1. The van der Waals surface area contributed by atoms with Crippen LogP contribution in [0.2, 0.25) is 0 Å². The fourth-order valence-corrected chi connectivity index (χ4v) is 3.88. The number of hydrogen-bond acceptors (Lipinski definition) is 2. The minimum Gasteiger partial charge on any atom is -0.361 e. The molecule has 3 rings (SSSR count). The molecule has 0 bridgehead atoms. The Morgan fingerprint density at radius 2 is 1.59 bits per heavy atom. The molecular weight excluding hydrogens is 378 g/mol. The highest BCUT2D eigenvalue weighted by molar-refractivity contribution is 7.80. The van der Waals surface area contributed by atoms with Crippen LogP contribution in [0.25, 0.3) is 0 Å². The Kier molecular flexibility index (Phi) is 7.42. The fourth-order valence-electron chi connectivity index (χ4n) is 3.72. The maximum atomic E-state index is 13.2. The highest BCUT2D eigenvalue weighted by Gasteiger charge is 2.37. The normalized spacial score (nSPS) is 13.9.